The van der Waals surface area contributed by atoms with Gasteiger partial charge in [-0.05, 0) is 61.5 Å². The van der Waals surface area contributed by atoms with Gasteiger partial charge in [0.25, 0.3) is 5.19 Å². The van der Waals surface area contributed by atoms with E-state index in [9.17, 15) is 9.18 Å². The van der Waals surface area contributed by atoms with Gasteiger partial charge in [-0.2, -0.15) is 0 Å². The van der Waals surface area contributed by atoms with E-state index in [4.69, 9.17) is 9.84 Å². The number of thioether (sulfide) groups is 1. The van der Waals surface area contributed by atoms with Crippen molar-refractivity contribution in [3.8, 4) is 16.5 Å². The summed E-state index contributed by atoms with van der Waals surface area (Å²) in [6.45, 7) is 3.04. The van der Waals surface area contributed by atoms with E-state index in [1.165, 1.54) is 34.1 Å². The molecule has 0 spiro atoms. The summed E-state index contributed by atoms with van der Waals surface area (Å²) in [5.74, 6) is -0.0261. The van der Waals surface area contributed by atoms with Gasteiger partial charge in [0, 0.05) is 23.5 Å². The van der Waals surface area contributed by atoms with E-state index in [1.54, 1.807) is 16.8 Å². The third-order valence-electron chi connectivity index (χ3n) is 5.24. The number of nitrogens with zero attached hydrogens (tertiary/aromatic N) is 4. The average Bonchev–Trinajstić information content (AvgIpc) is 3.26. The van der Waals surface area contributed by atoms with Crippen molar-refractivity contribution in [1.82, 2.24) is 19.5 Å². The Hall–Kier alpha value is -2.33. The quantitative estimate of drug-likeness (QED) is 0.594. The number of carboxylic acid groups (broad SMARTS) is 1. The second-order valence-electron chi connectivity index (χ2n) is 7.00. The van der Waals surface area contributed by atoms with Gasteiger partial charge in [-0.15, -0.1) is 16.9 Å². The monoisotopic (exact) mass is 436 g/mol. The third-order valence-corrected chi connectivity index (χ3v) is 6.78. The number of halogens is 1. The highest BCUT2D eigenvalue weighted by molar-refractivity contribution is 7.98. The van der Waals surface area contributed by atoms with Crippen LogP contribution < -0.4 is 4.74 Å². The van der Waals surface area contributed by atoms with E-state index in [0.717, 1.165) is 17.7 Å². The molecule has 0 radical (unpaired) electrons. The number of hydrogen-bond donors (Lipinski definition) is 1. The topological polar surface area (TPSA) is 80.0 Å². The fraction of sp³-hybridized carbons (Fsp3) is 0.421. The van der Waals surface area contributed by atoms with Crippen LogP contribution in [0.2, 0.25) is 0 Å². The molecule has 154 valence electrons. The van der Waals surface area contributed by atoms with Gasteiger partial charge >= 0.3 is 6.09 Å². The zero-order valence-corrected chi connectivity index (χ0v) is 17.7. The Morgan fingerprint density at radius 2 is 2.17 bits per heavy atom. The number of benzene rings is 1. The lowest BCUT2D eigenvalue weighted by Crippen LogP contribution is -2.41. The molecule has 0 aliphatic carbocycles. The third kappa shape index (κ3) is 4.18. The minimum absolute atomic E-state index is 0.0715. The molecule has 7 nitrogen and oxygen atoms in total. The fourth-order valence-electron chi connectivity index (χ4n) is 3.51. The van der Waals surface area contributed by atoms with Gasteiger partial charge in [-0.3, -0.25) is 0 Å². The molecule has 1 fully saturated rings. The molecule has 29 heavy (non-hydrogen) atoms. The van der Waals surface area contributed by atoms with Gasteiger partial charge in [0.15, 0.2) is 0 Å². The molecule has 4 rings (SSSR count). The summed E-state index contributed by atoms with van der Waals surface area (Å²) in [6.07, 6.45) is 4.21. The fourth-order valence-corrected chi connectivity index (χ4v) is 4.75. The molecular weight excluding hydrogens is 415 g/mol. The highest BCUT2D eigenvalue weighted by atomic mass is 32.2. The van der Waals surface area contributed by atoms with Gasteiger partial charge in [0.2, 0.25) is 4.96 Å². The Labute approximate surface area is 175 Å². The lowest BCUT2D eigenvalue weighted by molar-refractivity contribution is 0.0807. The van der Waals surface area contributed by atoms with Crippen molar-refractivity contribution >= 4 is 34.2 Å². The van der Waals surface area contributed by atoms with Gasteiger partial charge in [-0.25, -0.2) is 18.7 Å². The summed E-state index contributed by atoms with van der Waals surface area (Å²) >= 11 is 2.80. The Kier molecular flexibility index (Phi) is 5.64. The molecule has 1 N–H and O–H groups in total. The Bertz CT molecular complexity index is 998. The summed E-state index contributed by atoms with van der Waals surface area (Å²) in [5.41, 5.74) is 0.982. The van der Waals surface area contributed by atoms with Crippen molar-refractivity contribution in [1.29, 1.82) is 0 Å². The van der Waals surface area contributed by atoms with Crippen molar-refractivity contribution in [3.63, 3.8) is 0 Å². The van der Waals surface area contributed by atoms with Crippen LogP contribution in [0, 0.1) is 11.7 Å². The van der Waals surface area contributed by atoms with Crippen LogP contribution in [0.15, 0.2) is 29.3 Å². The number of carbonyl (C=O) groups is 1. The predicted molar refractivity (Wildman–Crippen MR) is 110 cm³/mol. The summed E-state index contributed by atoms with van der Waals surface area (Å²) in [7, 11) is 0. The Balaban J connectivity index is 1.44. The number of aromatic nitrogens is 3. The minimum Gasteiger partial charge on any atom is -0.466 e. The minimum atomic E-state index is -0.867. The molecule has 0 bridgehead atoms. The summed E-state index contributed by atoms with van der Waals surface area (Å²) in [5, 5.41) is 14.0. The molecule has 0 saturated carbocycles. The summed E-state index contributed by atoms with van der Waals surface area (Å²) in [4.78, 5) is 18.5. The smallest absolute Gasteiger partial charge is 0.407 e. The van der Waals surface area contributed by atoms with Crippen LogP contribution in [0.25, 0.3) is 16.2 Å². The van der Waals surface area contributed by atoms with E-state index >= 15 is 0 Å². The normalized spacial score (nSPS) is 16.3. The zero-order valence-electron chi connectivity index (χ0n) is 16.0. The number of hydrogen-bond acceptors (Lipinski definition) is 6. The van der Waals surface area contributed by atoms with Crippen LogP contribution in [0.5, 0.6) is 5.19 Å². The number of rotatable bonds is 5. The van der Waals surface area contributed by atoms with Crippen molar-refractivity contribution in [2.45, 2.75) is 30.8 Å². The number of fused-ring (bicyclic) bond motifs is 1. The van der Waals surface area contributed by atoms with E-state index in [0.29, 0.717) is 34.5 Å². The Morgan fingerprint density at radius 3 is 2.79 bits per heavy atom. The molecule has 1 unspecified atom stereocenters. The van der Waals surface area contributed by atoms with Crippen LogP contribution in [-0.4, -0.2) is 56.1 Å². The second-order valence-corrected chi connectivity index (χ2v) is 8.80. The number of imidazole rings is 1. The van der Waals surface area contributed by atoms with Gasteiger partial charge in [-0.1, -0.05) is 0 Å². The van der Waals surface area contributed by atoms with Gasteiger partial charge < -0.3 is 14.7 Å². The molecule has 1 aliphatic heterocycles. The molecule has 1 saturated heterocycles. The molecule has 1 amide bonds. The maximum atomic E-state index is 14.3. The van der Waals surface area contributed by atoms with E-state index < -0.39 is 6.09 Å². The van der Waals surface area contributed by atoms with Crippen LogP contribution in [0.1, 0.15) is 19.8 Å². The van der Waals surface area contributed by atoms with E-state index in [-0.39, 0.29) is 17.8 Å². The number of amides is 1. The number of likely N-dealkylation sites (tertiary alicyclic amines) is 1. The molecule has 3 aromatic rings. The van der Waals surface area contributed by atoms with Crippen LogP contribution in [0.3, 0.4) is 0 Å². The molecule has 1 aromatic carbocycles. The lowest BCUT2D eigenvalue weighted by atomic mass is 9.92. The van der Waals surface area contributed by atoms with Crippen molar-refractivity contribution in [2.75, 3.05) is 19.3 Å². The van der Waals surface area contributed by atoms with E-state index in [2.05, 4.69) is 10.1 Å². The number of ether oxygens (including phenoxy) is 1. The average molecular weight is 437 g/mol. The van der Waals surface area contributed by atoms with Gasteiger partial charge in [0.05, 0.1) is 11.9 Å². The first kappa shape index (κ1) is 20.0. The number of piperidine rings is 1. The van der Waals surface area contributed by atoms with Crippen molar-refractivity contribution in [3.05, 3.63) is 30.2 Å². The SMILES string of the molecule is CSc1ccc(-c2cn3nc(OC(C)C4CCN(C(=O)O)CC4)sc3n2)c(F)c1. The van der Waals surface area contributed by atoms with Gasteiger partial charge in [0.1, 0.15) is 11.9 Å². The summed E-state index contributed by atoms with van der Waals surface area (Å²) in [6, 6.07) is 5.11. The first-order valence-electron chi connectivity index (χ1n) is 9.29. The van der Waals surface area contributed by atoms with Crippen LogP contribution >= 0.6 is 23.1 Å². The van der Waals surface area contributed by atoms with E-state index in [1.807, 2.05) is 19.2 Å². The summed E-state index contributed by atoms with van der Waals surface area (Å²) < 4.78 is 22.0. The van der Waals surface area contributed by atoms with Crippen molar-refractivity contribution < 1.29 is 19.0 Å². The van der Waals surface area contributed by atoms with Crippen molar-refractivity contribution in [2.24, 2.45) is 5.92 Å². The molecule has 1 aliphatic rings. The second kappa shape index (κ2) is 8.19. The predicted octanol–water partition coefficient (Wildman–Crippen LogP) is 4.48. The molecule has 10 heteroatoms. The van der Waals surface area contributed by atoms with Crippen LogP contribution in [-0.2, 0) is 0 Å². The first-order valence-corrected chi connectivity index (χ1v) is 11.3. The standard InChI is InChI=1S/C19H21FN4O3S2/c1-11(12-5-7-23(8-6-12)19(25)26)27-18-22-24-10-16(21-17(24)29-18)14-4-3-13(28-2)9-15(14)20/h3-4,9-12H,5-8H2,1-2H3,(H,25,26). The molecule has 3 heterocycles. The maximum absolute atomic E-state index is 14.3. The molecule has 2 aromatic heterocycles. The maximum Gasteiger partial charge on any atom is 0.407 e. The molecular formula is C19H21FN4O3S2. The molecule has 1 atom stereocenters. The largest absolute Gasteiger partial charge is 0.466 e. The lowest BCUT2D eigenvalue weighted by Gasteiger charge is -2.32. The highest BCUT2D eigenvalue weighted by Gasteiger charge is 2.28. The first-order chi connectivity index (χ1) is 13.9. The zero-order chi connectivity index (χ0) is 20.5. The Morgan fingerprint density at radius 1 is 1.41 bits per heavy atom. The van der Waals surface area contributed by atoms with Crippen LogP contribution in [0.4, 0.5) is 9.18 Å². The highest BCUT2D eigenvalue weighted by Crippen LogP contribution is 2.31.